The zero-order valence-corrected chi connectivity index (χ0v) is 14.8. The number of carbonyl (C=O) groups excluding carboxylic acids is 2. The molecule has 2 amide bonds. The average Bonchev–Trinajstić information content (AvgIpc) is 2.02. The van der Waals surface area contributed by atoms with E-state index >= 15 is 0 Å². The molecule has 0 rings (SSSR count). The molecule has 0 fully saturated rings. The van der Waals surface area contributed by atoms with E-state index < -0.39 is 16.5 Å². The molecule has 0 bridgehead atoms. The zero-order chi connectivity index (χ0) is 14.9. The van der Waals surface area contributed by atoms with Gasteiger partial charge in [0, 0.05) is 10.8 Å². The minimum absolute atomic E-state index is 0.257. The van der Waals surface area contributed by atoms with Crippen molar-refractivity contribution < 1.29 is 26.1 Å². The van der Waals surface area contributed by atoms with E-state index in [1.807, 2.05) is 0 Å². The summed E-state index contributed by atoms with van der Waals surface area (Å²) >= 11 is -0.472. The third-order valence-electron chi connectivity index (χ3n) is 1.48. The monoisotopic (exact) mass is 467 g/mol. The van der Waals surface area contributed by atoms with Gasteiger partial charge in [0.1, 0.15) is 0 Å². The normalized spacial score (nSPS) is 10.6. The Bertz CT molecular complexity index is 211. The molecule has 0 aliphatic rings. The Morgan fingerprint density at radius 3 is 0.882 bits per heavy atom. The first-order valence-electron chi connectivity index (χ1n) is 4.72. The van der Waals surface area contributed by atoms with Gasteiger partial charge in [-0.15, -0.1) is 0 Å². The Morgan fingerprint density at radius 1 is 0.824 bits per heavy atom. The van der Waals surface area contributed by atoms with Gasteiger partial charge in [0.15, 0.2) is 0 Å². The Labute approximate surface area is 120 Å². The van der Waals surface area contributed by atoms with Gasteiger partial charge >= 0.3 is 35.3 Å². The summed E-state index contributed by atoms with van der Waals surface area (Å²) in [5.74, 6) is -0.514. The first kappa shape index (κ1) is 22.4. The Hall–Kier alpha value is 0.208. The average molecular weight is 468 g/mol. The molecule has 0 saturated carbocycles. The molecule has 17 heavy (non-hydrogen) atoms. The molecule has 0 saturated heterocycles. The first-order chi connectivity index (χ1) is 7.30. The third kappa shape index (κ3) is 22.0. The van der Waals surface area contributed by atoms with Crippen molar-refractivity contribution in [3.8, 4) is 0 Å². The van der Waals surface area contributed by atoms with Gasteiger partial charge in [0.2, 0.25) is 11.8 Å². The second-order valence-corrected chi connectivity index (χ2v) is 8.56. The van der Waals surface area contributed by atoms with Gasteiger partial charge in [0.05, 0.1) is 0 Å². The molecule has 0 aliphatic heterocycles. The number of rotatable bonds is 0. The number of halogens is 2. The molecule has 4 N–H and O–H groups in total. The molecular weight excluding hydrogens is 446 g/mol. The maximum atomic E-state index is 10.2. The summed E-state index contributed by atoms with van der Waals surface area (Å²) in [5, 5.41) is 0. The van der Waals surface area contributed by atoms with Gasteiger partial charge < -0.3 is 11.5 Å². The van der Waals surface area contributed by atoms with Crippen LogP contribution < -0.4 is 11.5 Å². The minimum atomic E-state index is -0.472. The van der Waals surface area contributed by atoms with Crippen LogP contribution in [0.2, 0.25) is 0 Å². The van der Waals surface area contributed by atoms with Crippen molar-refractivity contribution >= 4 is 30.7 Å². The summed E-state index contributed by atoms with van der Waals surface area (Å²) in [6, 6.07) is 0. The van der Waals surface area contributed by atoms with Crippen LogP contribution in [0.25, 0.3) is 0 Å². The Kier molecular flexibility index (Phi) is 13.4. The number of hydrogen-bond acceptors (Lipinski definition) is 2. The molecule has 0 atom stereocenters. The van der Waals surface area contributed by atoms with Gasteiger partial charge in [-0.1, -0.05) is 41.5 Å². The topological polar surface area (TPSA) is 86.2 Å². The summed E-state index contributed by atoms with van der Waals surface area (Å²) in [6.07, 6.45) is 0. The molecule has 0 unspecified atom stereocenters. The number of primary amides is 2. The standard InChI is InChI=1S/2C5H11NO.2ClH.Pt/c2*1-5(2,3)4(6)7;;;/h2*1-3H3,(H2,6,7);2*1H;/q;;;;+2/p-2. The van der Waals surface area contributed by atoms with E-state index in [1.165, 1.54) is 0 Å². The molecule has 0 aromatic carbocycles. The van der Waals surface area contributed by atoms with E-state index in [-0.39, 0.29) is 22.6 Å². The molecule has 7 heteroatoms. The fourth-order valence-corrected chi connectivity index (χ4v) is 0. The summed E-state index contributed by atoms with van der Waals surface area (Å²) in [4.78, 5) is 20.5. The number of amides is 2. The fourth-order valence-electron chi connectivity index (χ4n) is 0. The summed E-state index contributed by atoms with van der Waals surface area (Å²) < 4.78 is 0. The van der Waals surface area contributed by atoms with Gasteiger partial charge in [-0.2, -0.15) is 0 Å². The SMILES string of the molecule is CC(C)(C)C(N)=O.CC(C)(C)C(N)=O.[Cl][Pt][Cl]. The molecule has 0 aliphatic carbocycles. The second kappa shape index (κ2) is 10.2. The van der Waals surface area contributed by atoms with Crippen LogP contribution in [-0.2, 0) is 26.1 Å². The van der Waals surface area contributed by atoms with Crippen LogP contribution in [0.5, 0.6) is 0 Å². The maximum absolute atomic E-state index is 10.2. The zero-order valence-electron chi connectivity index (χ0n) is 11.0. The molecule has 4 nitrogen and oxygen atoms in total. The predicted molar refractivity (Wildman–Crippen MR) is 69.0 cm³/mol. The number of hydrogen-bond donors (Lipinski definition) is 2. The quantitative estimate of drug-likeness (QED) is 0.573. The van der Waals surface area contributed by atoms with Crippen LogP contribution in [0.3, 0.4) is 0 Å². The molecule has 0 spiro atoms. The van der Waals surface area contributed by atoms with Crippen LogP contribution >= 0.6 is 18.8 Å². The molecule has 0 aromatic heterocycles. The van der Waals surface area contributed by atoms with Crippen molar-refractivity contribution in [2.75, 3.05) is 0 Å². The Morgan fingerprint density at radius 2 is 0.882 bits per heavy atom. The third-order valence-corrected chi connectivity index (χ3v) is 1.48. The van der Waals surface area contributed by atoms with E-state index in [2.05, 4.69) is 0 Å². The van der Waals surface area contributed by atoms with Gasteiger partial charge in [-0.05, 0) is 0 Å². The van der Waals surface area contributed by atoms with Crippen molar-refractivity contribution in [3.05, 3.63) is 0 Å². The van der Waals surface area contributed by atoms with E-state index in [0.29, 0.717) is 0 Å². The van der Waals surface area contributed by atoms with Crippen molar-refractivity contribution in [3.63, 3.8) is 0 Å². The summed E-state index contributed by atoms with van der Waals surface area (Å²) in [5.41, 5.74) is 9.14. The van der Waals surface area contributed by atoms with Crippen LogP contribution in [-0.4, -0.2) is 11.8 Å². The second-order valence-electron chi connectivity index (χ2n) is 5.27. The first-order valence-corrected chi connectivity index (χ1v) is 10.4. The predicted octanol–water partition coefficient (Wildman–Crippen LogP) is 2.41. The molecule has 0 heterocycles. The van der Waals surface area contributed by atoms with Crippen LogP contribution in [0, 0.1) is 10.8 Å². The van der Waals surface area contributed by atoms with Crippen molar-refractivity contribution in [1.29, 1.82) is 0 Å². The van der Waals surface area contributed by atoms with Gasteiger partial charge in [-0.25, -0.2) is 0 Å². The van der Waals surface area contributed by atoms with Crippen LogP contribution in [0.15, 0.2) is 0 Å². The van der Waals surface area contributed by atoms with Gasteiger partial charge in [-0.3, -0.25) is 9.59 Å². The van der Waals surface area contributed by atoms with Crippen molar-refractivity contribution in [2.45, 2.75) is 41.5 Å². The summed E-state index contributed by atoms with van der Waals surface area (Å²) in [7, 11) is 9.75. The van der Waals surface area contributed by atoms with E-state index in [1.54, 1.807) is 41.5 Å². The fraction of sp³-hybridized carbons (Fsp3) is 0.800. The van der Waals surface area contributed by atoms with Gasteiger partial charge in [0.25, 0.3) is 0 Å². The van der Waals surface area contributed by atoms with Crippen molar-refractivity contribution in [2.24, 2.45) is 22.3 Å². The molecule has 0 aromatic rings. The van der Waals surface area contributed by atoms with Crippen LogP contribution in [0.1, 0.15) is 41.5 Å². The van der Waals surface area contributed by atoms with E-state index in [9.17, 15) is 9.59 Å². The molecule has 108 valence electrons. The van der Waals surface area contributed by atoms with E-state index in [0.717, 1.165) is 0 Å². The Balaban J connectivity index is -0.000000188. The number of nitrogens with two attached hydrogens (primary N) is 2. The molecule has 0 radical (unpaired) electrons. The number of carbonyl (C=O) groups is 2. The summed E-state index contributed by atoms with van der Waals surface area (Å²) in [6.45, 7) is 10.7. The van der Waals surface area contributed by atoms with Crippen LogP contribution in [0.4, 0.5) is 0 Å². The van der Waals surface area contributed by atoms with E-state index in [4.69, 9.17) is 30.3 Å². The van der Waals surface area contributed by atoms with Crippen molar-refractivity contribution in [1.82, 2.24) is 0 Å². The molecular formula is C10H22Cl2N2O2Pt.